The zero-order valence-corrected chi connectivity index (χ0v) is 13.6. The van der Waals surface area contributed by atoms with E-state index < -0.39 is 0 Å². The van der Waals surface area contributed by atoms with Gasteiger partial charge in [-0.15, -0.1) is 0 Å². The van der Waals surface area contributed by atoms with Gasteiger partial charge in [0.15, 0.2) is 11.5 Å². The quantitative estimate of drug-likeness (QED) is 0.819. The van der Waals surface area contributed by atoms with Crippen molar-refractivity contribution in [2.45, 2.75) is 13.8 Å². The highest BCUT2D eigenvalue weighted by atomic mass is 16.5. The van der Waals surface area contributed by atoms with Crippen molar-refractivity contribution in [1.29, 1.82) is 0 Å². The van der Waals surface area contributed by atoms with Gasteiger partial charge in [0.05, 0.1) is 13.7 Å². The van der Waals surface area contributed by atoms with Gasteiger partial charge in [0.25, 0.3) is 0 Å². The standard InChI is InChI=1S/C19H21NO3/c1-4-23-17-11-7-15(13-18(17)22-3)8-12-19(21)20-16-9-5-14(2)6-10-16/h5-13H,4H2,1-3H3,(H,20,21). The summed E-state index contributed by atoms with van der Waals surface area (Å²) in [6.07, 6.45) is 3.23. The number of rotatable bonds is 6. The Kier molecular flexibility index (Phi) is 5.80. The van der Waals surface area contributed by atoms with Crippen LogP contribution in [0.1, 0.15) is 18.1 Å². The molecule has 0 aliphatic carbocycles. The van der Waals surface area contributed by atoms with Crippen LogP contribution in [0.15, 0.2) is 48.5 Å². The van der Waals surface area contributed by atoms with Gasteiger partial charge in [-0.1, -0.05) is 23.8 Å². The molecule has 0 bridgehead atoms. The summed E-state index contributed by atoms with van der Waals surface area (Å²) in [6.45, 7) is 4.50. The number of methoxy groups -OCH3 is 1. The van der Waals surface area contributed by atoms with Crippen LogP contribution in [0.4, 0.5) is 5.69 Å². The molecular weight excluding hydrogens is 290 g/mol. The highest BCUT2D eigenvalue weighted by molar-refractivity contribution is 6.01. The fourth-order valence-corrected chi connectivity index (χ4v) is 2.06. The Morgan fingerprint density at radius 3 is 2.52 bits per heavy atom. The number of carbonyl (C=O) groups excluding carboxylic acids is 1. The first-order chi connectivity index (χ1) is 11.1. The Balaban J connectivity index is 2.04. The molecule has 4 heteroatoms. The smallest absolute Gasteiger partial charge is 0.248 e. The lowest BCUT2D eigenvalue weighted by molar-refractivity contribution is -0.111. The summed E-state index contributed by atoms with van der Waals surface area (Å²) in [6, 6.07) is 13.2. The number of benzene rings is 2. The molecule has 120 valence electrons. The fraction of sp³-hybridized carbons (Fsp3) is 0.211. The third kappa shape index (κ3) is 4.88. The Bertz CT molecular complexity index is 690. The van der Waals surface area contributed by atoms with E-state index in [1.165, 1.54) is 6.08 Å². The van der Waals surface area contributed by atoms with Gasteiger partial charge in [-0.2, -0.15) is 0 Å². The Morgan fingerprint density at radius 1 is 1.13 bits per heavy atom. The van der Waals surface area contributed by atoms with Crippen LogP contribution in [-0.2, 0) is 4.79 Å². The normalized spacial score (nSPS) is 10.6. The van der Waals surface area contributed by atoms with Crippen LogP contribution in [0.2, 0.25) is 0 Å². The van der Waals surface area contributed by atoms with E-state index in [0.717, 1.165) is 16.8 Å². The monoisotopic (exact) mass is 311 g/mol. The fourth-order valence-electron chi connectivity index (χ4n) is 2.06. The van der Waals surface area contributed by atoms with Gasteiger partial charge in [-0.25, -0.2) is 0 Å². The molecule has 0 spiro atoms. The zero-order chi connectivity index (χ0) is 16.7. The number of hydrogen-bond donors (Lipinski definition) is 1. The minimum absolute atomic E-state index is 0.179. The van der Waals surface area contributed by atoms with Crippen LogP contribution in [0.5, 0.6) is 11.5 Å². The summed E-state index contributed by atoms with van der Waals surface area (Å²) < 4.78 is 10.8. The predicted octanol–water partition coefficient (Wildman–Crippen LogP) is 4.05. The lowest BCUT2D eigenvalue weighted by Crippen LogP contribution is -2.07. The molecule has 0 aliphatic rings. The van der Waals surface area contributed by atoms with E-state index in [2.05, 4.69) is 5.32 Å². The summed E-state index contributed by atoms with van der Waals surface area (Å²) in [5.74, 6) is 1.16. The second kappa shape index (κ2) is 8.03. The number of carbonyl (C=O) groups is 1. The average Bonchev–Trinajstić information content (AvgIpc) is 2.56. The molecule has 0 aromatic heterocycles. The highest BCUT2D eigenvalue weighted by Crippen LogP contribution is 2.28. The minimum atomic E-state index is -0.179. The topological polar surface area (TPSA) is 47.6 Å². The average molecular weight is 311 g/mol. The van der Waals surface area contributed by atoms with Crippen LogP contribution in [-0.4, -0.2) is 19.6 Å². The Hall–Kier alpha value is -2.75. The van der Waals surface area contributed by atoms with E-state index in [4.69, 9.17) is 9.47 Å². The van der Waals surface area contributed by atoms with Crippen molar-refractivity contribution >= 4 is 17.7 Å². The Morgan fingerprint density at radius 2 is 1.87 bits per heavy atom. The van der Waals surface area contributed by atoms with Gasteiger partial charge < -0.3 is 14.8 Å². The van der Waals surface area contributed by atoms with E-state index in [-0.39, 0.29) is 5.91 Å². The number of amides is 1. The lowest BCUT2D eigenvalue weighted by atomic mass is 10.2. The van der Waals surface area contributed by atoms with Crippen LogP contribution >= 0.6 is 0 Å². The molecule has 2 rings (SSSR count). The second-order valence-electron chi connectivity index (χ2n) is 5.03. The third-order valence-electron chi connectivity index (χ3n) is 3.23. The van der Waals surface area contributed by atoms with Crippen molar-refractivity contribution in [3.05, 3.63) is 59.7 Å². The van der Waals surface area contributed by atoms with Gasteiger partial charge in [0.2, 0.25) is 5.91 Å². The van der Waals surface area contributed by atoms with Crippen molar-refractivity contribution in [3.63, 3.8) is 0 Å². The maximum atomic E-state index is 11.9. The van der Waals surface area contributed by atoms with Crippen molar-refractivity contribution in [3.8, 4) is 11.5 Å². The van der Waals surface area contributed by atoms with Crippen molar-refractivity contribution in [1.82, 2.24) is 0 Å². The van der Waals surface area contributed by atoms with Crippen LogP contribution in [0, 0.1) is 6.92 Å². The first-order valence-corrected chi connectivity index (χ1v) is 7.49. The van der Waals surface area contributed by atoms with Gasteiger partial charge in [0, 0.05) is 11.8 Å². The van der Waals surface area contributed by atoms with Gasteiger partial charge in [-0.3, -0.25) is 4.79 Å². The van der Waals surface area contributed by atoms with E-state index in [0.29, 0.717) is 18.1 Å². The van der Waals surface area contributed by atoms with E-state index >= 15 is 0 Å². The molecule has 0 radical (unpaired) electrons. The van der Waals surface area contributed by atoms with Crippen molar-refractivity contribution < 1.29 is 14.3 Å². The molecule has 0 unspecified atom stereocenters. The molecule has 23 heavy (non-hydrogen) atoms. The number of anilines is 1. The lowest BCUT2D eigenvalue weighted by Gasteiger charge is -2.09. The van der Waals surface area contributed by atoms with E-state index in [9.17, 15) is 4.79 Å². The molecule has 2 aromatic rings. The molecule has 1 N–H and O–H groups in total. The molecule has 4 nitrogen and oxygen atoms in total. The number of ether oxygens (including phenoxy) is 2. The van der Waals surface area contributed by atoms with Crippen molar-refractivity contribution in [2.75, 3.05) is 19.0 Å². The number of hydrogen-bond acceptors (Lipinski definition) is 3. The first kappa shape index (κ1) is 16.6. The maximum Gasteiger partial charge on any atom is 0.248 e. The molecule has 1 amide bonds. The molecule has 0 saturated heterocycles. The van der Waals surface area contributed by atoms with Gasteiger partial charge in [-0.05, 0) is 49.8 Å². The van der Waals surface area contributed by atoms with Crippen LogP contribution in [0.25, 0.3) is 6.08 Å². The largest absolute Gasteiger partial charge is 0.493 e. The molecule has 2 aromatic carbocycles. The molecule has 0 heterocycles. The predicted molar refractivity (Wildman–Crippen MR) is 93.0 cm³/mol. The Labute approximate surface area is 136 Å². The molecular formula is C19H21NO3. The minimum Gasteiger partial charge on any atom is -0.493 e. The van der Waals surface area contributed by atoms with Gasteiger partial charge >= 0.3 is 0 Å². The van der Waals surface area contributed by atoms with Crippen molar-refractivity contribution in [2.24, 2.45) is 0 Å². The molecule has 0 fully saturated rings. The van der Waals surface area contributed by atoms with E-state index in [1.807, 2.05) is 56.3 Å². The molecule has 0 aliphatic heterocycles. The van der Waals surface area contributed by atoms with Crippen LogP contribution in [0.3, 0.4) is 0 Å². The maximum absolute atomic E-state index is 11.9. The second-order valence-corrected chi connectivity index (χ2v) is 5.03. The van der Waals surface area contributed by atoms with E-state index in [1.54, 1.807) is 13.2 Å². The zero-order valence-electron chi connectivity index (χ0n) is 13.6. The summed E-state index contributed by atoms with van der Waals surface area (Å²) in [5, 5.41) is 2.82. The number of aryl methyl sites for hydroxylation is 1. The first-order valence-electron chi connectivity index (χ1n) is 7.49. The number of nitrogens with one attached hydrogen (secondary N) is 1. The van der Waals surface area contributed by atoms with Crippen LogP contribution < -0.4 is 14.8 Å². The highest BCUT2D eigenvalue weighted by Gasteiger charge is 2.04. The van der Waals surface area contributed by atoms with Gasteiger partial charge in [0.1, 0.15) is 0 Å². The summed E-state index contributed by atoms with van der Waals surface area (Å²) >= 11 is 0. The summed E-state index contributed by atoms with van der Waals surface area (Å²) in [4.78, 5) is 11.9. The molecule has 0 atom stereocenters. The third-order valence-corrected chi connectivity index (χ3v) is 3.23. The molecule has 0 saturated carbocycles. The SMILES string of the molecule is CCOc1ccc(C=CC(=O)Nc2ccc(C)cc2)cc1OC. The summed E-state index contributed by atoms with van der Waals surface area (Å²) in [7, 11) is 1.59. The summed E-state index contributed by atoms with van der Waals surface area (Å²) in [5.41, 5.74) is 2.79.